The number of fused-ring (bicyclic) bond motifs is 1. The first-order valence-corrected chi connectivity index (χ1v) is 13.4. The van der Waals surface area contributed by atoms with Crippen LogP contribution in [0.1, 0.15) is 42.1 Å². The molecule has 9 heteroatoms. The Labute approximate surface area is 229 Å². The van der Waals surface area contributed by atoms with E-state index in [4.69, 9.17) is 9.47 Å². The van der Waals surface area contributed by atoms with Crippen LogP contribution >= 0.6 is 11.3 Å². The zero-order chi connectivity index (χ0) is 27.8. The first-order valence-electron chi connectivity index (χ1n) is 12.6. The number of Topliss-reactive ketones (excluding diaryl/α,β-unsaturated/α-hetero) is 1. The molecule has 1 unspecified atom stereocenters. The molecule has 1 saturated heterocycles. The molecule has 4 aromatic rings. The molecule has 1 amide bonds. The van der Waals surface area contributed by atoms with Crippen molar-refractivity contribution in [1.29, 1.82) is 0 Å². The Hall–Kier alpha value is -4.37. The molecule has 1 aromatic heterocycles. The molecule has 2 heterocycles. The Morgan fingerprint density at radius 1 is 1.00 bits per heavy atom. The van der Waals surface area contributed by atoms with Crippen LogP contribution in [-0.2, 0) is 9.59 Å². The standard InChI is InChI=1S/C30H28N2O6S/c1-5-37-19-10-11-21-24(15-19)39-30(31-21)32-26(18-9-12-22(33)23(14-18)38-6-2)25(28(35)29(32)36)27(34)20-13-16(3)7-8-17(20)4/h7-15,26,33-34H,5-6H2,1-4H3. The van der Waals surface area contributed by atoms with Gasteiger partial charge >= 0.3 is 5.91 Å². The number of aromatic nitrogens is 1. The monoisotopic (exact) mass is 544 g/mol. The highest BCUT2D eigenvalue weighted by Gasteiger charge is 2.48. The van der Waals surface area contributed by atoms with Gasteiger partial charge in [-0.05, 0) is 75.2 Å². The summed E-state index contributed by atoms with van der Waals surface area (Å²) in [6, 6.07) is 14.6. The number of carbonyl (C=O) groups excluding carboxylic acids is 2. The minimum Gasteiger partial charge on any atom is -0.507 e. The van der Waals surface area contributed by atoms with Crippen LogP contribution in [0.4, 0.5) is 5.13 Å². The average Bonchev–Trinajstić information content (AvgIpc) is 3.44. The number of amides is 1. The van der Waals surface area contributed by atoms with Gasteiger partial charge in [0.15, 0.2) is 16.6 Å². The lowest BCUT2D eigenvalue weighted by molar-refractivity contribution is -0.132. The van der Waals surface area contributed by atoms with E-state index in [1.54, 1.807) is 37.3 Å². The van der Waals surface area contributed by atoms with E-state index in [-0.39, 0.29) is 22.8 Å². The third-order valence-electron chi connectivity index (χ3n) is 6.56. The summed E-state index contributed by atoms with van der Waals surface area (Å²) in [4.78, 5) is 33.2. The summed E-state index contributed by atoms with van der Waals surface area (Å²) < 4.78 is 12.0. The lowest BCUT2D eigenvalue weighted by Crippen LogP contribution is -2.29. The molecule has 2 N–H and O–H groups in total. The first kappa shape index (κ1) is 26.2. The summed E-state index contributed by atoms with van der Waals surface area (Å²) in [5, 5.41) is 22.2. The Morgan fingerprint density at radius 3 is 2.51 bits per heavy atom. The number of phenolic OH excluding ortho intramolecular Hbond substituents is 1. The molecule has 0 spiro atoms. The van der Waals surface area contributed by atoms with Gasteiger partial charge in [0, 0.05) is 5.56 Å². The number of aliphatic hydroxyl groups excluding tert-OH is 1. The van der Waals surface area contributed by atoms with E-state index in [2.05, 4.69) is 4.98 Å². The quantitative estimate of drug-likeness (QED) is 0.166. The second-order valence-electron chi connectivity index (χ2n) is 9.21. The van der Waals surface area contributed by atoms with E-state index in [1.165, 1.54) is 22.3 Å². The number of aryl methyl sites for hydroxylation is 2. The topological polar surface area (TPSA) is 109 Å². The van der Waals surface area contributed by atoms with Crippen LogP contribution in [0.25, 0.3) is 16.0 Å². The SMILES string of the molecule is CCOc1ccc2nc(N3C(=O)C(=O)C(=C(O)c4cc(C)ccc4C)C3c3ccc(O)c(OCC)c3)sc2c1. The number of benzene rings is 3. The maximum atomic E-state index is 13.6. The number of ketones is 1. The predicted molar refractivity (Wildman–Crippen MR) is 151 cm³/mol. The molecule has 200 valence electrons. The van der Waals surface area contributed by atoms with Gasteiger partial charge in [-0.1, -0.05) is 35.1 Å². The average molecular weight is 545 g/mol. The summed E-state index contributed by atoms with van der Waals surface area (Å²) in [5.41, 5.74) is 3.19. The van der Waals surface area contributed by atoms with E-state index in [1.807, 2.05) is 39.0 Å². The van der Waals surface area contributed by atoms with Gasteiger partial charge < -0.3 is 19.7 Å². The fraction of sp³-hybridized carbons (Fsp3) is 0.233. The van der Waals surface area contributed by atoms with Gasteiger partial charge in [0.25, 0.3) is 5.78 Å². The number of aromatic hydroxyl groups is 1. The normalized spacial score (nSPS) is 16.7. The Balaban J connectivity index is 1.74. The third-order valence-corrected chi connectivity index (χ3v) is 7.58. The maximum absolute atomic E-state index is 13.6. The van der Waals surface area contributed by atoms with Gasteiger partial charge in [0.1, 0.15) is 11.5 Å². The minimum atomic E-state index is -1.00. The number of thiazole rings is 1. The van der Waals surface area contributed by atoms with Crippen molar-refractivity contribution in [2.24, 2.45) is 0 Å². The van der Waals surface area contributed by atoms with Gasteiger partial charge in [-0.15, -0.1) is 0 Å². The van der Waals surface area contributed by atoms with Crippen molar-refractivity contribution < 1.29 is 29.3 Å². The third kappa shape index (κ3) is 4.70. The Morgan fingerprint density at radius 2 is 1.77 bits per heavy atom. The fourth-order valence-corrected chi connectivity index (χ4v) is 5.73. The summed E-state index contributed by atoms with van der Waals surface area (Å²) in [5.74, 6) is -1.09. The van der Waals surface area contributed by atoms with Crippen molar-refractivity contribution in [1.82, 2.24) is 4.98 Å². The highest BCUT2D eigenvalue weighted by molar-refractivity contribution is 7.22. The second kappa shape index (κ2) is 10.4. The lowest BCUT2D eigenvalue weighted by Gasteiger charge is -2.24. The molecule has 5 rings (SSSR count). The van der Waals surface area contributed by atoms with E-state index in [9.17, 15) is 19.8 Å². The van der Waals surface area contributed by atoms with Crippen LogP contribution in [0.15, 0.2) is 60.2 Å². The second-order valence-corrected chi connectivity index (χ2v) is 10.2. The molecule has 0 saturated carbocycles. The van der Waals surface area contributed by atoms with Gasteiger partial charge in [-0.3, -0.25) is 14.5 Å². The number of anilines is 1. The number of phenols is 1. The number of hydrogen-bond donors (Lipinski definition) is 2. The molecule has 39 heavy (non-hydrogen) atoms. The summed E-state index contributed by atoms with van der Waals surface area (Å²) >= 11 is 1.25. The fourth-order valence-electron chi connectivity index (χ4n) is 4.71. The lowest BCUT2D eigenvalue weighted by atomic mass is 9.93. The van der Waals surface area contributed by atoms with Gasteiger partial charge in [-0.25, -0.2) is 4.98 Å². The molecule has 1 aliphatic heterocycles. The van der Waals surface area contributed by atoms with Crippen LogP contribution < -0.4 is 14.4 Å². The molecule has 1 fully saturated rings. The van der Waals surface area contributed by atoms with Crippen LogP contribution in [-0.4, -0.2) is 40.1 Å². The molecular formula is C30H28N2O6S. The Bertz CT molecular complexity index is 1640. The van der Waals surface area contributed by atoms with Crippen molar-refractivity contribution in [2.75, 3.05) is 18.1 Å². The summed E-state index contributed by atoms with van der Waals surface area (Å²) in [7, 11) is 0. The minimum absolute atomic E-state index is 0.0592. The molecular weight excluding hydrogens is 516 g/mol. The summed E-state index contributed by atoms with van der Waals surface area (Å²) in [6.07, 6.45) is 0. The Kier molecular flexibility index (Phi) is 7.01. The van der Waals surface area contributed by atoms with E-state index in [0.717, 1.165) is 15.8 Å². The van der Waals surface area contributed by atoms with Crippen LogP contribution in [0.3, 0.4) is 0 Å². The number of carbonyl (C=O) groups is 2. The molecule has 8 nitrogen and oxygen atoms in total. The smallest absolute Gasteiger partial charge is 0.301 e. The van der Waals surface area contributed by atoms with Crippen molar-refractivity contribution in [3.05, 3.63) is 82.4 Å². The van der Waals surface area contributed by atoms with Gasteiger partial charge in [0.2, 0.25) is 0 Å². The first-order chi connectivity index (χ1) is 18.7. The number of rotatable bonds is 7. The van der Waals surface area contributed by atoms with E-state index in [0.29, 0.717) is 40.7 Å². The highest BCUT2D eigenvalue weighted by atomic mass is 32.1. The molecule has 0 aliphatic carbocycles. The number of hydrogen-bond acceptors (Lipinski definition) is 8. The molecule has 1 atom stereocenters. The zero-order valence-electron chi connectivity index (χ0n) is 22.0. The molecule has 1 aliphatic rings. The number of ether oxygens (including phenoxy) is 2. The molecule has 0 bridgehead atoms. The van der Waals surface area contributed by atoms with Crippen LogP contribution in [0, 0.1) is 13.8 Å². The van der Waals surface area contributed by atoms with Crippen LogP contribution in [0.5, 0.6) is 17.2 Å². The number of nitrogens with zero attached hydrogens (tertiary/aromatic N) is 2. The highest BCUT2D eigenvalue weighted by Crippen LogP contribution is 2.46. The number of aliphatic hydroxyl groups is 1. The summed E-state index contributed by atoms with van der Waals surface area (Å²) in [6.45, 7) is 8.21. The van der Waals surface area contributed by atoms with E-state index >= 15 is 0 Å². The molecule has 3 aromatic carbocycles. The van der Waals surface area contributed by atoms with Gasteiger partial charge in [-0.2, -0.15) is 0 Å². The predicted octanol–water partition coefficient (Wildman–Crippen LogP) is 6.04. The van der Waals surface area contributed by atoms with Crippen molar-refractivity contribution in [3.63, 3.8) is 0 Å². The largest absolute Gasteiger partial charge is 0.507 e. The zero-order valence-corrected chi connectivity index (χ0v) is 22.8. The van der Waals surface area contributed by atoms with E-state index < -0.39 is 17.7 Å². The maximum Gasteiger partial charge on any atom is 0.301 e. The van der Waals surface area contributed by atoms with Crippen LogP contribution in [0.2, 0.25) is 0 Å². The van der Waals surface area contributed by atoms with Crippen molar-refractivity contribution >= 4 is 44.1 Å². The molecule has 0 radical (unpaired) electrons. The van der Waals surface area contributed by atoms with Crippen molar-refractivity contribution in [2.45, 2.75) is 33.7 Å². The van der Waals surface area contributed by atoms with Crippen molar-refractivity contribution in [3.8, 4) is 17.2 Å². The van der Waals surface area contributed by atoms with Gasteiger partial charge in [0.05, 0.1) is 35.0 Å².